The number of ether oxygens (including phenoxy) is 1. The molecule has 0 spiro atoms. The molecule has 0 N–H and O–H groups in total. The smallest absolute Gasteiger partial charge is 0.422 e. The number of rotatable bonds is 2. The van der Waals surface area contributed by atoms with Crippen molar-refractivity contribution in [2.45, 2.75) is 45.0 Å². The molecule has 0 saturated carbocycles. The van der Waals surface area contributed by atoms with Gasteiger partial charge in [-0.15, -0.1) is 0 Å². The summed E-state index contributed by atoms with van der Waals surface area (Å²) in [5, 5.41) is 0. The zero-order valence-corrected chi connectivity index (χ0v) is 13.8. The molecule has 23 heavy (non-hydrogen) atoms. The molecule has 8 heteroatoms. The molecule has 0 bridgehead atoms. The maximum atomic E-state index is 12.6. The normalized spacial score (nSPS) is 19.0. The van der Waals surface area contributed by atoms with Crippen molar-refractivity contribution in [3.8, 4) is 0 Å². The first-order valence-corrected chi connectivity index (χ1v) is 7.74. The lowest BCUT2D eigenvalue weighted by atomic mass is 10.0. The molecule has 1 saturated heterocycles. The third-order valence-electron chi connectivity index (χ3n) is 3.05. The lowest BCUT2D eigenvalue weighted by molar-refractivity contribution is -0.137. The SMILES string of the molecule is CC(C)(C)OC(=O)N1SOC[C@@H]1Cc1ccc(C(F)(F)F)cc1. The molecule has 1 aromatic rings. The number of halogens is 3. The summed E-state index contributed by atoms with van der Waals surface area (Å²) in [6.07, 6.45) is -4.48. The van der Waals surface area contributed by atoms with Crippen LogP contribution < -0.4 is 0 Å². The minimum Gasteiger partial charge on any atom is -0.443 e. The molecule has 0 radical (unpaired) electrons. The first-order chi connectivity index (χ1) is 10.6. The van der Waals surface area contributed by atoms with Gasteiger partial charge >= 0.3 is 12.3 Å². The van der Waals surface area contributed by atoms with E-state index in [4.69, 9.17) is 8.92 Å². The van der Waals surface area contributed by atoms with E-state index in [0.29, 0.717) is 18.6 Å². The van der Waals surface area contributed by atoms with Crippen molar-refractivity contribution in [1.29, 1.82) is 0 Å². The monoisotopic (exact) mass is 349 g/mol. The van der Waals surface area contributed by atoms with Crippen molar-refractivity contribution in [1.82, 2.24) is 4.31 Å². The number of carbonyl (C=O) groups is 1. The Bertz CT molecular complexity index is 555. The zero-order chi connectivity index (χ0) is 17.3. The van der Waals surface area contributed by atoms with Gasteiger partial charge < -0.3 is 4.74 Å². The molecule has 128 valence electrons. The van der Waals surface area contributed by atoms with Crippen LogP contribution in [0.3, 0.4) is 0 Å². The highest BCUT2D eigenvalue weighted by Crippen LogP contribution is 2.31. The fourth-order valence-electron chi connectivity index (χ4n) is 2.02. The van der Waals surface area contributed by atoms with Crippen molar-refractivity contribution < 1.29 is 26.9 Å². The van der Waals surface area contributed by atoms with Crippen LogP contribution in [0.2, 0.25) is 0 Å². The Hall–Kier alpha value is -1.41. The Morgan fingerprint density at radius 1 is 1.30 bits per heavy atom. The van der Waals surface area contributed by atoms with Gasteiger partial charge in [-0.25, -0.2) is 9.10 Å². The van der Waals surface area contributed by atoms with E-state index >= 15 is 0 Å². The van der Waals surface area contributed by atoms with Gasteiger partial charge in [0.2, 0.25) is 0 Å². The van der Waals surface area contributed by atoms with Gasteiger partial charge in [0.25, 0.3) is 0 Å². The fourth-order valence-corrected chi connectivity index (χ4v) is 2.71. The first kappa shape index (κ1) is 17.9. The highest BCUT2D eigenvalue weighted by atomic mass is 32.2. The van der Waals surface area contributed by atoms with E-state index in [9.17, 15) is 18.0 Å². The van der Waals surface area contributed by atoms with E-state index < -0.39 is 23.4 Å². The molecule has 0 unspecified atom stereocenters. The number of hydrogen-bond acceptors (Lipinski definition) is 4. The molecule has 1 aliphatic heterocycles. The van der Waals surface area contributed by atoms with Gasteiger partial charge in [-0.2, -0.15) is 13.2 Å². The van der Waals surface area contributed by atoms with Crippen LogP contribution in [0.1, 0.15) is 31.9 Å². The third-order valence-corrected chi connectivity index (χ3v) is 3.90. The number of benzene rings is 1. The molecule has 0 aliphatic carbocycles. The van der Waals surface area contributed by atoms with E-state index in [1.54, 1.807) is 20.8 Å². The third kappa shape index (κ3) is 5.04. The second kappa shape index (κ2) is 6.60. The van der Waals surface area contributed by atoms with Crippen LogP contribution in [0.5, 0.6) is 0 Å². The first-order valence-electron chi connectivity index (χ1n) is 7.04. The van der Waals surface area contributed by atoms with Gasteiger partial charge in [0, 0.05) is 0 Å². The van der Waals surface area contributed by atoms with Gasteiger partial charge in [-0.3, -0.25) is 4.18 Å². The number of nitrogens with zero attached hydrogens (tertiary/aromatic N) is 1. The Kier molecular flexibility index (Phi) is 5.15. The van der Waals surface area contributed by atoms with E-state index in [2.05, 4.69) is 0 Å². The fraction of sp³-hybridized carbons (Fsp3) is 0.533. The number of amides is 1. The maximum Gasteiger partial charge on any atom is 0.422 e. The highest BCUT2D eigenvalue weighted by Gasteiger charge is 2.35. The summed E-state index contributed by atoms with van der Waals surface area (Å²) < 4.78 is 49.6. The largest absolute Gasteiger partial charge is 0.443 e. The lowest BCUT2D eigenvalue weighted by Crippen LogP contribution is -2.38. The van der Waals surface area contributed by atoms with Gasteiger partial charge in [0.05, 0.1) is 18.2 Å². The second-order valence-corrected chi connectivity index (χ2v) is 7.00. The number of carbonyl (C=O) groups excluding carboxylic acids is 1. The average Bonchev–Trinajstić information content (AvgIpc) is 2.84. The van der Waals surface area contributed by atoms with Crippen LogP contribution in [0.4, 0.5) is 18.0 Å². The quantitative estimate of drug-likeness (QED) is 0.584. The number of hydrogen-bond donors (Lipinski definition) is 0. The van der Waals surface area contributed by atoms with E-state index in [0.717, 1.165) is 24.4 Å². The van der Waals surface area contributed by atoms with Crippen LogP contribution in [-0.2, 0) is 21.5 Å². The molecule has 1 aromatic carbocycles. The minimum atomic E-state index is -4.35. The molecule has 1 fully saturated rings. The minimum absolute atomic E-state index is 0.286. The highest BCUT2D eigenvalue weighted by molar-refractivity contribution is 7.93. The molecular weight excluding hydrogens is 331 g/mol. The summed E-state index contributed by atoms with van der Waals surface area (Å²) in [5.74, 6) is 0. The van der Waals surface area contributed by atoms with Gasteiger partial charge in [0.15, 0.2) is 0 Å². The van der Waals surface area contributed by atoms with Crippen LogP contribution in [-0.4, -0.2) is 28.6 Å². The van der Waals surface area contributed by atoms with E-state index in [1.165, 1.54) is 16.4 Å². The molecule has 0 aromatic heterocycles. The average molecular weight is 349 g/mol. The molecule has 1 atom stereocenters. The van der Waals surface area contributed by atoms with Gasteiger partial charge in [0.1, 0.15) is 17.8 Å². The Morgan fingerprint density at radius 2 is 1.91 bits per heavy atom. The topological polar surface area (TPSA) is 38.8 Å². The summed E-state index contributed by atoms with van der Waals surface area (Å²) in [5.41, 5.74) is -0.621. The van der Waals surface area contributed by atoms with Crippen LogP contribution >= 0.6 is 12.2 Å². The molecule has 2 rings (SSSR count). The summed E-state index contributed by atoms with van der Waals surface area (Å²) in [6.45, 7) is 5.58. The summed E-state index contributed by atoms with van der Waals surface area (Å²) in [4.78, 5) is 12.1. The van der Waals surface area contributed by atoms with Crippen molar-refractivity contribution in [3.05, 3.63) is 35.4 Å². The second-order valence-electron chi connectivity index (χ2n) is 6.22. The van der Waals surface area contributed by atoms with Crippen molar-refractivity contribution in [2.75, 3.05) is 6.61 Å². The zero-order valence-electron chi connectivity index (χ0n) is 13.0. The van der Waals surface area contributed by atoms with Gasteiger partial charge in [-0.05, 0) is 44.9 Å². The Balaban J connectivity index is 2.02. The predicted octanol–water partition coefficient (Wildman–Crippen LogP) is 4.45. The standard InChI is InChI=1S/C15H18F3NO3S/c1-14(2,3)22-13(20)19-12(9-21-23-19)8-10-4-6-11(7-5-10)15(16,17)18/h4-7,12H,8-9H2,1-3H3/t12-/m0/s1. The molecule has 1 aliphatic rings. The molecule has 4 nitrogen and oxygen atoms in total. The van der Waals surface area contributed by atoms with Crippen LogP contribution in [0.25, 0.3) is 0 Å². The van der Waals surface area contributed by atoms with Gasteiger partial charge in [-0.1, -0.05) is 12.1 Å². The number of alkyl halides is 3. The van der Waals surface area contributed by atoms with Crippen LogP contribution in [0.15, 0.2) is 24.3 Å². The summed E-state index contributed by atoms with van der Waals surface area (Å²) >= 11 is 0.905. The van der Waals surface area contributed by atoms with E-state index in [-0.39, 0.29) is 6.04 Å². The molecule has 1 amide bonds. The maximum absolute atomic E-state index is 12.6. The lowest BCUT2D eigenvalue weighted by Gasteiger charge is -2.25. The Labute approximate surface area is 137 Å². The molecular formula is C15H18F3NO3S. The van der Waals surface area contributed by atoms with E-state index in [1.807, 2.05) is 0 Å². The van der Waals surface area contributed by atoms with Crippen molar-refractivity contribution in [3.63, 3.8) is 0 Å². The molecule has 1 heterocycles. The van der Waals surface area contributed by atoms with Crippen molar-refractivity contribution in [2.24, 2.45) is 0 Å². The Morgan fingerprint density at radius 3 is 2.43 bits per heavy atom. The van der Waals surface area contributed by atoms with Crippen molar-refractivity contribution >= 4 is 18.3 Å². The summed E-state index contributed by atoms with van der Waals surface area (Å²) in [6, 6.07) is 4.62. The van der Waals surface area contributed by atoms with Crippen LogP contribution in [0, 0.1) is 0 Å². The summed E-state index contributed by atoms with van der Waals surface area (Å²) in [7, 11) is 0. The predicted molar refractivity (Wildman–Crippen MR) is 80.6 cm³/mol.